The van der Waals surface area contributed by atoms with Crippen molar-refractivity contribution in [1.82, 2.24) is 5.32 Å². The average Bonchev–Trinajstić information content (AvgIpc) is 2.92. The van der Waals surface area contributed by atoms with Gasteiger partial charge in [0.2, 0.25) is 5.91 Å². The Morgan fingerprint density at radius 3 is 2.56 bits per heavy atom. The van der Waals surface area contributed by atoms with E-state index in [0.717, 1.165) is 12.8 Å². The van der Waals surface area contributed by atoms with Gasteiger partial charge in [-0.2, -0.15) is 0 Å². The molecule has 3 atom stereocenters. The van der Waals surface area contributed by atoms with Gasteiger partial charge in [0.15, 0.2) is 0 Å². The molecule has 1 fully saturated rings. The molecule has 1 aliphatic carbocycles. The highest BCUT2D eigenvalue weighted by atomic mass is 16.4. The second-order valence-corrected chi connectivity index (χ2v) is 4.94. The number of hydrogen-bond acceptors (Lipinski definition) is 2. The van der Waals surface area contributed by atoms with Crippen LogP contribution in [0.5, 0.6) is 0 Å². The fourth-order valence-corrected chi connectivity index (χ4v) is 1.77. The molecule has 1 amide bonds. The third kappa shape index (κ3) is 4.64. The van der Waals surface area contributed by atoms with Gasteiger partial charge < -0.3 is 10.4 Å². The Kier molecular flexibility index (Phi) is 4.77. The highest BCUT2D eigenvalue weighted by Gasteiger charge is 2.38. The van der Waals surface area contributed by atoms with Crippen molar-refractivity contribution in [3.63, 3.8) is 0 Å². The lowest BCUT2D eigenvalue weighted by Gasteiger charge is -2.10. The molecule has 0 spiro atoms. The zero-order valence-corrected chi connectivity index (χ0v) is 10.0. The van der Waals surface area contributed by atoms with E-state index in [4.69, 9.17) is 5.11 Å². The maximum atomic E-state index is 11.5. The molecule has 0 heterocycles. The topological polar surface area (TPSA) is 66.4 Å². The SMILES string of the molecule is CC(CCNC(=O)C1CC1C)CCC(=O)O. The molecule has 3 unspecified atom stereocenters. The monoisotopic (exact) mass is 227 g/mol. The highest BCUT2D eigenvalue weighted by molar-refractivity contribution is 5.81. The summed E-state index contributed by atoms with van der Waals surface area (Å²) in [4.78, 5) is 21.8. The summed E-state index contributed by atoms with van der Waals surface area (Å²) in [7, 11) is 0. The summed E-state index contributed by atoms with van der Waals surface area (Å²) < 4.78 is 0. The Balaban J connectivity index is 2.01. The number of hydrogen-bond donors (Lipinski definition) is 2. The lowest BCUT2D eigenvalue weighted by Crippen LogP contribution is -2.27. The number of rotatable bonds is 7. The minimum absolute atomic E-state index is 0.165. The molecule has 4 nitrogen and oxygen atoms in total. The van der Waals surface area contributed by atoms with Gasteiger partial charge in [0.05, 0.1) is 0 Å². The van der Waals surface area contributed by atoms with Crippen LogP contribution in [0.3, 0.4) is 0 Å². The van der Waals surface area contributed by atoms with Gasteiger partial charge in [-0.1, -0.05) is 13.8 Å². The molecule has 0 aliphatic heterocycles. The van der Waals surface area contributed by atoms with Crippen LogP contribution in [-0.2, 0) is 9.59 Å². The maximum absolute atomic E-state index is 11.5. The maximum Gasteiger partial charge on any atom is 0.303 e. The first kappa shape index (κ1) is 13.0. The van der Waals surface area contributed by atoms with Gasteiger partial charge in [-0.15, -0.1) is 0 Å². The number of carbonyl (C=O) groups is 2. The fourth-order valence-electron chi connectivity index (χ4n) is 1.77. The van der Waals surface area contributed by atoms with E-state index < -0.39 is 5.97 Å². The van der Waals surface area contributed by atoms with Crippen LogP contribution in [0, 0.1) is 17.8 Å². The number of amides is 1. The Hall–Kier alpha value is -1.06. The van der Waals surface area contributed by atoms with Crippen molar-refractivity contribution in [2.45, 2.75) is 39.5 Å². The van der Waals surface area contributed by atoms with Crippen LogP contribution < -0.4 is 5.32 Å². The summed E-state index contributed by atoms with van der Waals surface area (Å²) in [6, 6.07) is 0. The Morgan fingerprint density at radius 1 is 1.44 bits per heavy atom. The summed E-state index contributed by atoms with van der Waals surface area (Å²) in [6.07, 6.45) is 2.78. The summed E-state index contributed by atoms with van der Waals surface area (Å²) >= 11 is 0. The van der Waals surface area contributed by atoms with Crippen LogP contribution in [0.25, 0.3) is 0 Å². The first-order valence-corrected chi connectivity index (χ1v) is 6.00. The quantitative estimate of drug-likeness (QED) is 0.695. The smallest absolute Gasteiger partial charge is 0.303 e. The molecular formula is C12H21NO3. The van der Waals surface area contributed by atoms with Gasteiger partial charge in [-0.3, -0.25) is 9.59 Å². The molecule has 92 valence electrons. The summed E-state index contributed by atoms with van der Waals surface area (Å²) in [5.41, 5.74) is 0. The van der Waals surface area contributed by atoms with Gasteiger partial charge in [-0.05, 0) is 31.1 Å². The Labute approximate surface area is 96.4 Å². The van der Waals surface area contributed by atoms with Crippen molar-refractivity contribution in [3.8, 4) is 0 Å². The third-order valence-corrected chi connectivity index (χ3v) is 3.23. The van der Waals surface area contributed by atoms with E-state index in [9.17, 15) is 9.59 Å². The minimum Gasteiger partial charge on any atom is -0.481 e. The summed E-state index contributed by atoms with van der Waals surface area (Å²) in [6.45, 7) is 4.78. The van der Waals surface area contributed by atoms with Crippen LogP contribution in [-0.4, -0.2) is 23.5 Å². The standard InChI is InChI=1S/C12H21NO3/c1-8(3-4-11(14)15)5-6-13-12(16)10-7-9(10)2/h8-10H,3-7H2,1-2H3,(H,13,16)(H,14,15). The highest BCUT2D eigenvalue weighted by Crippen LogP contribution is 2.37. The number of nitrogens with one attached hydrogen (secondary N) is 1. The average molecular weight is 227 g/mol. The minimum atomic E-state index is -0.748. The molecule has 4 heteroatoms. The Morgan fingerprint density at radius 2 is 2.06 bits per heavy atom. The first-order chi connectivity index (χ1) is 7.50. The molecular weight excluding hydrogens is 206 g/mol. The van der Waals surface area contributed by atoms with E-state index in [-0.39, 0.29) is 18.2 Å². The zero-order chi connectivity index (χ0) is 12.1. The summed E-state index contributed by atoms with van der Waals surface area (Å²) in [5.74, 6) is 0.549. The molecule has 0 saturated heterocycles. The molecule has 0 aromatic heterocycles. The van der Waals surface area contributed by atoms with E-state index in [1.807, 2.05) is 6.92 Å². The van der Waals surface area contributed by atoms with Crippen LogP contribution in [0.4, 0.5) is 0 Å². The van der Waals surface area contributed by atoms with Gasteiger partial charge >= 0.3 is 5.97 Å². The number of carboxylic acid groups (broad SMARTS) is 1. The fraction of sp³-hybridized carbons (Fsp3) is 0.833. The lowest BCUT2D eigenvalue weighted by molar-refractivity contribution is -0.137. The van der Waals surface area contributed by atoms with Gasteiger partial charge in [0.1, 0.15) is 0 Å². The van der Waals surface area contributed by atoms with Crippen molar-refractivity contribution >= 4 is 11.9 Å². The van der Waals surface area contributed by atoms with Crippen molar-refractivity contribution in [1.29, 1.82) is 0 Å². The van der Waals surface area contributed by atoms with Crippen LogP contribution >= 0.6 is 0 Å². The predicted octanol–water partition coefficient (Wildman–Crippen LogP) is 1.65. The lowest BCUT2D eigenvalue weighted by atomic mass is 10.0. The molecule has 0 aromatic carbocycles. The molecule has 2 N–H and O–H groups in total. The molecule has 1 aliphatic rings. The van der Waals surface area contributed by atoms with Crippen molar-refractivity contribution in [2.24, 2.45) is 17.8 Å². The Bertz CT molecular complexity index is 265. The van der Waals surface area contributed by atoms with Crippen LogP contribution in [0.1, 0.15) is 39.5 Å². The molecule has 16 heavy (non-hydrogen) atoms. The zero-order valence-electron chi connectivity index (χ0n) is 10.0. The van der Waals surface area contributed by atoms with E-state index in [1.165, 1.54) is 0 Å². The molecule has 0 aromatic rings. The van der Waals surface area contributed by atoms with E-state index in [2.05, 4.69) is 12.2 Å². The molecule has 0 bridgehead atoms. The van der Waals surface area contributed by atoms with E-state index >= 15 is 0 Å². The molecule has 0 radical (unpaired) electrons. The second-order valence-electron chi connectivity index (χ2n) is 4.94. The normalized spacial score (nSPS) is 24.9. The molecule has 1 rings (SSSR count). The second kappa shape index (κ2) is 5.87. The van der Waals surface area contributed by atoms with Crippen molar-refractivity contribution < 1.29 is 14.7 Å². The summed E-state index contributed by atoms with van der Waals surface area (Å²) in [5, 5.41) is 11.4. The van der Waals surface area contributed by atoms with Crippen LogP contribution in [0.2, 0.25) is 0 Å². The van der Waals surface area contributed by atoms with Crippen LogP contribution in [0.15, 0.2) is 0 Å². The van der Waals surface area contributed by atoms with E-state index in [0.29, 0.717) is 24.8 Å². The third-order valence-electron chi connectivity index (χ3n) is 3.23. The number of carbonyl (C=O) groups excluding carboxylic acids is 1. The predicted molar refractivity (Wildman–Crippen MR) is 60.9 cm³/mol. The molecule has 1 saturated carbocycles. The largest absolute Gasteiger partial charge is 0.481 e. The van der Waals surface area contributed by atoms with Crippen molar-refractivity contribution in [2.75, 3.05) is 6.54 Å². The van der Waals surface area contributed by atoms with Gasteiger partial charge in [-0.25, -0.2) is 0 Å². The number of carboxylic acids is 1. The van der Waals surface area contributed by atoms with E-state index in [1.54, 1.807) is 0 Å². The van der Waals surface area contributed by atoms with Gasteiger partial charge in [0, 0.05) is 18.9 Å². The van der Waals surface area contributed by atoms with Gasteiger partial charge in [0.25, 0.3) is 0 Å². The number of aliphatic carboxylic acids is 1. The van der Waals surface area contributed by atoms with Crippen molar-refractivity contribution in [3.05, 3.63) is 0 Å². The first-order valence-electron chi connectivity index (χ1n) is 6.00.